The van der Waals surface area contributed by atoms with Crippen molar-refractivity contribution in [3.05, 3.63) is 88.7 Å². The molecule has 9 heteroatoms. The average Bonchev–Trinajstić information content (AvgIpc) is 2.86. The summed E-state index contributed by atoms with van der Waals surface area (Å²) < 4.78 is 1.53. The molecule has 1 amide bonds. The van der Waals surface area contributed by atoms with Gasteiger partial charge in [-0.2, -0.15) is 0 Å². The van der Waals surface area contributed by atoms with E-state index in [4.69, 9.17) is 0 Å². The second-order valence-electron chi connectivity index (χ2n) is 7.51. The van der Waals surface area contributed by atoms with Crippen LogP contribution in [-0.4, -0.2) is 61.5 Å². The lowest BCUT2D eigenvalue weighted by atomic mass is 10.2. The van der Waals surface area contributed by atoms with E-state index in [1.54, 1.807) is 41.7 Å². The Bertz CT molecular complexity index is 1300. The lowest BCUT2D eigenvalue weighted by molar-refractivity contribution is 0.0738. The van der Waals surface area contributed by atoms with E-state index in [1.165, 1.54) is 4.57 Å². The third-order valence-electron chi connectivity index (χ3n) is 5.49. The van der Waals surface area contributed by atoms with Gasteiger partial charge < -0.3 is 9.80 Å². The molecule has 160 valence electrons. The number of benzene rings is 1. The summed E-state index contributed by atoms with van der Waals surface area (Å²) in [6.45, 7) is 2.41. The molecule has 32 heavy (non-hydrogen) atoms. The first-order valence-electron chi connectivity index (χ1n) is 10.4. The number of nitrogens with zero attached hydrogens (tertiary/aromatic N) is 7. The number of aromatic nitrogens is 5. The molecule has 0 spiro atoms. The number of fused-ring (bicyclic) bond motifs is 1. The van der Waals surface area contributed by atoms with Crippen molar-refractivity contribution in [3.8, 4) is 0 Å². The maximum absolute atomic E-state index is 13.3. The molecule has 4 aromatic rings. The van der Waals surface area contributed by atoms with Crippen LogP contribution in [0.25, 0.3) is 11.2 Å². The molecule has 1 aliphatic heterocycles. The standard InChI is InChI=1S/C23H21N7O2/c31-21(28-12-14-29(15-13-28)23-25-10-5-11-26-23)19-22(32)30(16-17-6-2-1-3-7-17)20-18(27-19)8-4-9-24-20/h1-11H,12-16H2. The van der Waals surface area contributed by atoms with Gasteiger partial charge in [-0.15, -0.1) is 0 Å². The first-order valence-corrected chi connectivity index (χ1v) is 10.4. The second-order valence-corrected chi connectivity index (χ2v) is 7.51. The first kappa shape index (κ1) is 19.8. The monoisotopic (exact) mass is 427 g/mol. The predicted molar refractivity (Wildman–Crippen MR) is 119 cm³/mol. The zero-order chi connectivity index (χ0) is 21.9. The maximum atomic E-state index is 13.3. The molecule has 0 unspecified atom stereocenters. The fourth-order valence-electron chi connectivity index (χ4n) is 3.84. The van der Waals surface area contributed by atoms with E-state index in [1.807, 2.05) is 35.2 Å². The summed E-state index contributed by atoms with van der Waals surface area (Å²) in [5.74, 6) is 0.274. The van der Waals surface area contributed by atoms with E-state index in [-0.39, 0.29) is 11.6 Å². The van der Waals surface area contributed by atoms with Gasteiger partial charge in [0.1, 0.15) is 5.52 Å². The molecular weight excluding hydrogens is 406 g/mol. The molecular formula is C23H21N7O2. The Hall–Kier alpha value is -4.14. The molecule has 0 radical (unpaired) electrons. The van der Waals surface area contributed by atoms with Gasteiger partial charge in [-0.25, -0.2) is 19.9 Å². The van der Waals surface area contributed by atoms with Gasteiger partial charge in [-0.05, 0) is 23.8 Å². The minimum absolute atomic E-state index is 0.0779. The molecule has 0 atom stereocenters. The number of rotatable bonds is 4. The molecule has 1 saturated heterocycles. The molecule has 0 aliphatic carbocycles. The van der Waals surface area contributed by atoms with Crippen molar-refractivity contribution in [1.29, 1.82) is 0 Å². The third-order valence-corrected chi connectivity index (χ3v) is 5.49. The van der Waals surface area contributed by atoms with E-state index in [0.717, 1.165) is 5.56 Å². The molecule has 5 rings (SSSR count). The number of hydrogen-bond acceptors (Lipinski definition) is 7. The molecule has 1 aromatic carbocycles. The zero-order valence-corrected chi connectivity index (χ0v) is 17.3. The highest BCUT2D eigenvalue weighted by atomic mass is 16.2. The quantitative estimate of drug-likeness (QED) is 0.488. The van der Waals surface area contributed by atoms with Gasteiger partial charge in [-0.1, -0.05) is 30.3 Å². The number of anilines is 1. The van der Waals surface area contributed by atoms with Gasteiger partial charge in [0, 0.05) is 44.8 Å². The minimum atomic E-state index is -0.432. The van der Waals surface area contributed by atoms with Crippen LogP contribution in [0.5, 0.6) is 0 Å². The van der Waals surface area contributed by atoms with Crippen molar-refractivity contribution in [2.45, 2.75) is 6.54 Å². The number of piperazine rings is 1. The summed E-state index contributed by atoms with van der Waals surface area (Å²) in [5.41, 5.74) is 1.42. The summed E-state index contributed by atoms with van der Waals surface area (Å²) in [6, 6.07) is 14.9. The average molecular weight is 427 g/mol. The molecule has 9 nitrogen and oxygen atoms in total. The largest absolute Gasteiger partial charge is 0.337 e. The maximum Gasteiger partial charge on any atom is 0.284 e. The van der Waals surface area contributed by atoms with E-state index >= 15 is 0 Å². The second kappa shape index (κ2) is 8.54. The van der Waals surface area contributed by atoms with Gasteiger partial charge >= 0.3 is 0 Å². The van der Waals surface area contributed by atoms with Crippen LogP contribution in [0, 0.1) is 0 Å². The molecule has 3 aromatic heterocycles. The smallest absolute Gasteiger partial charge is 0.284 e. The van der Waals surface area contributed by atoms with Crippen molar-refractivity contribution in [2.75, 3.05) is 31.1 Å². The van der Waals surface area contributed by atoms with Crippen molar-refractivity contribution < 1.29 is 4.79 Å². The molecule has 0 N–H and O–H groups in total. The number of carbonyl (C=O) groups is 1. The molecule has 1 aliphatic rings. The van der Waals surface area contributed by atoms with Crippen molar-refractivity contribution in [2.24, 2.45) is 0 Å². The molecule has 1 fully saturated rings. The number of amides is 1. The Morgan fingerprint density at radius 1 is 0.844 bits per heavy atom. The Labute approximate surface area is 184 Å². The van der Waals surface area contributed by atoms with Gasteiger partial charge in [0.15, 0.2) is 11.3 Å². The van der Waals surface area contributed by atoms with Crippen molar-refractivity contribution >= 4 is 23.0 Å². The highest BCUT2D eigenvalue weighted by Gasteiger charge is 2.27. The van der Waals surface area contributed by atoms with Crippen LogP contribution in [0.15, 0.2) is 71.9 Å². The lowest BCUT2D eigenvalue weighted by Crippen LogP contribution is -2.50. The predicted octanol–water partition coefficient (Wildman–Crippen LogP) is 1.59. The van der Waals surface area contributed by atoms with Crippen molar-refractivity contribution in [1.82, 2.24) is 29.4 Å². The summed E-state index contributed by atoms with van der Waals surface area (Å²) in [5, 5.41) is 0. The summed E-state index contributed by atoms with van der Waals surface area (Å²) in [6.07, 6.45) is 5.02. The third kappa shape index (κ3) is 3.80. The zero-order valence-electron chi connectivity index (χ0n) is 17.3. The Kier molecular flexibility index (Phi) is 5.29. The van der Waals surface area contributed by atoms with Crippen LogP contribution in [0.3, 0.4) is 0 Å². The van der Waals surface area contributed by atoms with Crippen LogP contribution < -0.4 is 10.5 Å². The Morgan fingerprint density at radius 3 is 2.31 bits per heavy atom. The molecule has 0 saturated carbocycles. The Morgan fingerprint density at radius 2 is 1.56 bits per heavy atom. The SMILES string of the molecule is O=C(c1nc2cccnc2n(Cc2ccccc2)c1=O)N1CCN(c2ncccn2)CC1. The number of carbonyl (C=O) groups excluding carboxylic acids is 1. The molecule has 4 heterocycles. The van der Waals surface area contributed by atoms with Gasteiger partial charge in [-0.3, -0.25) is 14.2 Å². The summed E-state index contributed by atoms with van der Waals surface area (Å²) in [7, 11) is 0. The topological polar surface area (TPSA) is 97.1 Å². The lowest BCUT2D eigenvalue weighted by Gasteiger charge is -2.34. The van der Waals surface area contributed by atoms with Crippen LogP contribution >= 0.6 is 0 Å². The number of hydrogen-bond donors (Lipinski definition) is 0. The fourth-order valence-corrected chi connectivity index (χ4v) is 3.84. The van der Waals surface area contributed by atoms with Gasteiger partial charge in [0.05, 0.1) is 6.54 Å². The van der Waals surface area contributed by atoms with Gasteiger partial charge in [0.25, 0.3) is 11.5 Å². The summed E-state index contributed by atoms with van der Waals surface area (Å²) in [4.78, 5) is 47.6. The van der Waals surface area contributed by atoms with Crippen LogP contribution in [0.4, 0.5) is 5.95 Å². The molecule has 0 bridgehead atoms. The van der Waals surface area contributed by atoms with Crippen LogP contribution in [0.1, 0.15) is 16.1 Å². The number of pyridine rings is 1. The van der Waals surface area contributed by atoms with Crippen LogP contribution in [-0.2, 0) is 6.54 Å². The van der Waals surface area contributed by atoms with E-state index in [9.17, 15) is 9.59 Å². The van der Waals surface area contributed by atoms with Gasteiger partial charge in [0.2, 0.25) is 5.95 Å². The highest BCUT2D eigenvalue weighted by Crippen LogP contribution is 2.14. The van der Waals surface area contributed by atoms with E-state index < -0.39 is 5.56 Å². The van der Waals surface area contributed by atoms with Crippen molar-refractivity contribution in [3.63, 3.8) is 0 Å². The highest BCUT2D eigenvalue weighted by molar-refractivity contribution is 5.93. The van der Waals surface area contributed by atoms with E-state index in [2.05, 4.69) is 19.9 Å². The van der Waals surface area contributed by atoms with Crippen LogP contribution in [0.2, 0.25) is 0 Å². The first-order chi connectivity index (χ1) is 15.7. The van der Waals surface area contributed by atoms with E-state index in [0.29, 0.717) is 49.8 Å². The fraction of sp³-hybridized carbons (Fsp3) is 0.217. The Balaban J connectivity index is 1.44. The normalized spacial score (nSPS) is 14.0. The summed E-state index contributed by atoms with van der Waals surface area (Å²) >= 11 is 0. The minimum Gasteiger partial charge on any atom is -0.337 e.